The van der Waals surface area contributed by atoms with Gasteiger partial charge < -0.3 is 24.5 Å². The van der Waals surface area contributed by atoms with E-state index in [9.17, 15) is 0 Å². The first kappa shape index (κ1) is 15.0. The molecular formula is C13H16N4O3S. The van der Waals surface area contributed by atoms with E-state index in [0.29, 0.717) is 29.4 Å². The van der Waals surface area contributed by atoms with Crippen molar-refractivity contribution in [1.29, 1.82) is 0 Å². The SMILES string of the molecule is COc1cc(OC)nc(NC(=S)NCc2ccc(C)o2)n1. The number of ether oxygens (including phenoxy) is 2. The molecule has 0 radical (unpaired) electrons. The van der Waals surface area contributed by atoms with Gasteiger partial charge in [0.05, 0.1) is 26.8 Å². The highest BCUT2D eigenvalue weighted by Crippen LogP contribution is 2.17. The molecule has 0 amide bonds. The number of nitrogens with zero attached hydrogens (tertiary/aromatic N) is 2. The van der Waals surface area contributed by atoms with E-state index in [2.05, 4.69) is 20.6 Å². The number of hydrogen-bond acceptors (Lipinski definition) is 6. The molecule has 21 heavy (non-hydrogen) atoms. The summed E-state index contributed by atoms with van der Waals surface area (Å²) in [5, 5.41) is 6.24. The molecule has 2 N–H and O–H groups in total. The second-order valence-electron chi connectivity index (χ2n) is 4.10. The molecule has 0 bridgehead atoms. The van der Waals surface area contributed by atoms with Gasteiger partial charge in [-0.2, -0.15) is 9.97 Å². The van der Waals surface area contributed by atoms with Crippen LogP contribution < -0.4 is 20.1 Å². The molecule has 0 unspecified atom stereocenters. The Kier molecular flexibility index (Phi) is 4.94. The molecule has 2 aromatic rings. The summed E-state index contributed by atoms with van der Waals surface area (Å²) >= 11 is 5.18. The van der Waals surface area contributed by atoms with Crippen LogP contribution in [0.15, 0.2) is 22.6 Å². The highest BCUT2D eigenvalue weighted by molar-refractivity contribution is 7.80. The summed E-state index contributed by atoms with van der Waals surface area (Å²) in [6, 6.07) is 5.35. The van der Waals surface area contributed by atoms with Crippen LogP contribution in [-0.2, 0) is 6.54 Å². The average Bonchev–Trinajstić information content (AvgIpc) is 2.90. The lowest BCUT2D eigenvalue weighted by Gasteiger charge is -2.10. The molecule has 0 saturated heterocycles. The van der Waals surface area contributed by atoms with Crippen molar-refractivity contribution in [3.63, 3.8) is 0 Å². The summed E-state index contributed by atoms with van der Waals surface area (Å²) in [4.78, 5) is 8.25. The van der Waals surface area contributed by atoms with Crippen molar-refractivity contribution in [3.8, 4) is 11.8 Å². The Balaban J connectivity index is 1.95. The second kappa shape index (κ2) is 6.89. The van der Waals surface area contributed by atoms with Gasteiger partial charge in [-0.05, 0) is 31.3 Å². The van der Waals surface area contributed by atoms with Crippen LogP contribution >= 0.6 is 12.2 Å². The topological polar surface area (TPSA) is 81.4 Å². The van der Waals surface area contributed by atoms with E-state index in [1.165, 1.54) is 14.2 Å². The van der Waals surface area contributed by atoms with Gasteiger partial charge in [-0.1, -0.05) is 0 Å². The Labute approximate surface area is 127 Å². The summed E-state index contributed by atoms with van der Waals surface area (Å²) in [5.74, 6) is 2.70. The normalized spacial score (nSPS) is 10.0. The summed E-state index contributed by atoms with van der Waals surface area (Å²) < 4.78 is 15.6. The van der Waals surface area contributed by atoms with Crippen molar-refractivity contribution in [1.82, 2.24) is 15.3 Å². The largest absolute Gasteiger partial charge is 0.481 e. The predicted molar refractivity (Wildman–Crippen MR) is 81.6 cm³/mol. The van der Waals surface area contributed by atoms with Gasteiger partial charge in [0.1, 0.15) is 11.5 Å². The molecule has 7 nitrogen and oxygen atoms in total. The van der Waals surface area contributed by atoms with Crippen LogP contribution in [0.4, 0.5) is 5.95 Å². The van der Waals surface area contributed by atoms with E-state index < -0.39 is 0 Å². The average molecular weight is 308 g/mol. The molecule has 112 valence electrons. The molecule has 0 spiro atoms. The van der Waals surface area contributed by atoms with Gasteiger partial charge in [0, 0.05) is 0 Å². The molecule has 0 aromatic carbocycles. The van der Waals surface area contributed by atoms with Crippen molar-refractivity contribution in [2.45, 2.75) is 13.5 Å². The van der Waals surface area contributed by atoms with E-state index >= 15 is 0 Å². The summed E-state index contributed by atoms with van der Waals surface area (Å²) in [6.45, 7) is 2.36. The minimum absolute atomic E-state index is 0.291. The quantitative estimate of drug-likeness (QED) is 0.810. The lowest BCUT2D eigenvalue weighted by atomic mass is 10.4. The first-order chi connectivity index (χ1) is 10.1. The first-order valence-electron chi connectivity index (χ1n) is 6.18. The molecular weight excluding hydrogens is 292 g/mol. The molecule has 0 aliphatic carbocycles. The van der Waals surface area contributed by atoms with Crippen molar-refractivity contribution in [2.24, 2.45) is 0 Å². The Morgan fingerprint density at radius 2 is 1.90 bits per heavy atom. The lowest BCUT2D eigenvalue weighted by Crippen LogP contribution is -2.28. The van der Waals surface area contributed by atoms with Gasteiger partial charge in [0.15, 0.2) is 5.11 Å². The van der Waals surface area contributed by atoms with Crippen LogP contribution in [0.25, 0.3) is 0 Å². The van der Waals surface area contributed by atoms with Crippen molar-refractivity contribution in [2.75, 3.05) is 19.5 Å². The van der Waals surface area contributed by atoms with E-state index in [1.807, 2.05) is 19.1 Å². The van der Waals surface area contributed by atoms with Crippen LogP contribution in [0.5, 0.6) is 11.8 Å². The summed E-state index contributed by atoms with van der Waals surface area (Å²) in [5.41, 5.74) is 0. The van der Waals surface area contributed by atoms with E-state index in [4.69, 9.17) is 26.1 Å². The van der Waals surface area contributed by atoms with Crippen LogP contribution in [0.2, 0.25) is 0 Å². The highest BCUT2D eigenvalue weighted by Gasteiger charge is 2.07. The third-order valence-corrected chi connectivity index (χ3v) is 2.79. The number of anilines is 1. The van der Waals surface area contributed by atoms with Gasteiger partial charge in [-0.15, -0.1) is 0 Å². The van der Waals surface area contributed by atoms with Gasteiger partial charge >= 0.3 is 0 Å². The van der Waals surface area contributed by atoms with Gasteiger partial charge in [0.25, 0.3) is 0 Å². The van der Waals surface area contributed by atoms with Crippen molar-refractivity contribution in [3.05, 3.63) is 29.7 Å². The minimum atomic E-state index is 0.291. The number of aromatic nitrogens is 2. The third kappa shape index (κ3) is 4.32. The number of thiocarbonyl (C=S) groups is 1. The molecule has 2 rings (SSSR count). The number of rotatable bonds is 5. The molecule has 0 atom stereocenters. The Morgan fingerprint density at radius 1 is 1.24 bits per heavy atom. The second-order valence-corrected chi connectivity index (χ2v) is 4.50. The van der Waals surface area contributed by atoms with Gasteiger partial charge in [0.2, 0.25) is 17.7 Å². The van der Waals surface area contributed by atoms with Gasteiger partial charge in [-0.25, -0.2) is 0 Å². The third-order valence-electron chi connectivity index (χ3n) is 2.54. The smallest absolute Gasteiger partial charge is 0.235 e. The van der Waals surface area contributed by atoms with E-state index in [-0.39, 0.29) is 0 Å². The Bertz CT molecular complexity index is 607. The first-order valence-corrected chi connectivity index (χ1v) is 6.58. The summed E-state index contributed by atoms with van der Waals surface area (Å²) in [7, 11) is 3.03. The number of hydrogen-bond donors (Lipinski definition) is 2. The predicted octanol–water partition coefficient (Wildman–Crippen LogP) is 1.88. The molecule has 2 aromatic heterocycles. The van der Waals surface area contributed by atoms with Crippen molar-refractivity contribution < 1.29 is 13.9 Å². The molecule has 8 heteroatoms. The van der Waals surface area contributed by atoms with Crippen molar-refractivity contribution >= 4 is 23.3 Å². The van der Waals surface area contributed by atoms with Crippen LogP contribution in [0.3, 0.4) is 0 Å². The molecule has 0 aliphatic rings. The van der Waals surface area contributed by atoms with Crippen LogP contribution in [-0.4, -0.2) is 29.3 Å². The molecule has 2 heterocycles. The number of nitrogens with one attached hydrogen (secondary N) is 2. The maximum Gasteiger partial charge on any atom is 0.235 e. The molecule has 0 fully saturated rings. The molecule has 0 saturated carbocycles. The maximum atomic E-state index is 5.44. The van der Waals surface area contributed by atoms with Crippen LogP contribution in [0, 0.1) is 6.92 Å². The minimum Gasteiger partial charge on any atom is -0.481 e. The maximum absolute atomic E-state index is 5.44. The summed E-state index contributed by atoms with van der Waals surface area (Å²) in [6.07, 6.45) is 0. The zero-order valence-corrected chi connectivity index (χ0v) is 12.8. The van der Waals surface area contributed by atoms with Gasteiger partial charge in [-0.3, -0.25) is 0 Å². The zero-order valence-electron chi connectivity index (χ0n) is 12.0. The van der Waals surface area contributed by atoms with E-state index in [1.54, 1.807) is 6.07 Å². The lowest BCUT2D eigenvalue weighted by molar-refractivity contribution is 0.373. The monoisotopic (exact) mass is 308 g/mol. The number of furan rings is 1. The fourth-order valence-corrected chi connectivity index (χ4v) is 1.73. The highest BCUT2D eigenvalue weighted by atomic mass is 32.1. The Morgan fingerprint density at radius 3 is 2.43 bits per heavy atom. The molecule has 0 aliphatic heterocycles. The number of aryl methyl sites for hydroxylation is 1. The zero-order chi connectivity index (χ0) is 15.2. The fourth-order valence-electron chi connectivity index (χ4n) is 1.56. The number of methoxy groups -OCH3 is 2. The van der Waals surface area contributed by atoms with E-state index in [0.717, 1.165) is 11.5 Å². The standard InChI is InChI=1S/C13H16N4O3S/c1-8-4-5-9(20-8)7-14-13(21)17-12-15-10(18-2)6-11(16-12)19-3/h4-6H,7H2,1-3H3,(H2,14,15,16,17,21). The fraction of sp³-hybridized carbons (Fsp3) is 0.308. The Hall–Kier alpha value is -2.35. The van der Waals surface area contributed by atoms with Crippen LogP contribution in [0.1, 0.15) is 11.5 Å².